The van der Waals surface area contributed by atoms with Gasteiger partial charge in [-0.1, -0.05) is 51.2 Å². The van der Waals surface area contributed by atoms with E-state index in [-0.39, 0.29) is 6.61 Å². The average Bonchev–Trinajstić information content (AvgIpc) is 2.63. The molecule has 1 saturated carbocycles. The Labute approximate surface area is 148 Å². The Morgan fingerprint density at radius 1 is 1.21 bits per heavy atom. The summed E-state index contributed by atoms with van der Waals surface area (Å²) in [5.41, 5.74) is 2.58. The van der Waals surface area contributed by atoms with Gasteiger partial charge in [-0.2, -0.15) is 0 Å². The molecule has 140 valence electrons. The van der Waals surface area contributed by atoms with Crippen LogP contribution < -0.4 is 10.6 Å². The first kappa shape index (κ1) is 21.2. The molecule has 1 aliphatic rings. The molecule has 0 amide bonds. The molecule has 0 spiro atoms. The van der Waals surface area contributed by atoms with E-state index in [9.17, 15) is 4.39 Å². The third-order valence-electron chi connectivity index (χ3n) is 4.83. The molecular weight excluding hydrogens is 303 g/mol. The molecule has 0 atom stereocenters. The third kappa shape index (κ3) is 9.43. The Kier molecular flexibility index (Phi) is 12.8. The molecule has 0 radical (unpaired) electrons. The summed E-state index contributed by atoms with van der Waals surface area (Å²) in [6.07, 6.45) is 14.6. The number of rotatable bonds is 13. The molecule has 0 unspecified atom stereocenters. The topological polar surface area (TPSA) is 33.3 Å². The van der Waals surface area contributed by atoms with Gasteiger partial charge < -0.3 is 15.4 Å². The predicted molar refractivity (Wildman–Crippen MR) is 101 cm³/mol. The molecule has 0 saturated heterocycles. The minimum absolute atomic E-state index is 0.180. The van der Waals surface area contributed by atoms with Crippen LogP contribution in [0.5, 0.6) is 0 Å². The molecule has 0 bridgehead atoms. The van der Waals surface area contributed by atoms with E-state index >= 15 is 0 Å². The van der Waals surface area contributed by atoms with Crippen molar-refractivity contribution in [2.45, 2.75) is 58.3 Å². The lowest BCUT2D eigenvalue weighted by molar-refractivity contribution is 0.144. The van der Waals surface area contributed by atoms with Gasteiger partial charge in [-0.15, -0.1) is 0 Å². The SMILES string of the molecule is CCC(/C=C\COCCF)=C(\CCNCCC1CCCCC1)NC. The summed E-state index contributed by atoms with van der Waals surface area (Å²) < 4.78 is 17.1. The Morgan fingerprint density at radius 2 is 2.00 bits per heavy atom. The number of halogens is 1. The van der Waals surface area contributed by atoms with Crippen LogP contribution in [0.25, 0.3) is 0 Å². The zero-order valence-electron chi connectivity index (χ0n) is 15.7. The standard InChI is InChI=1S/C20H37FN2O/c1-3-19(10-7-16-24-17-13-21)20(22-2)12-15-23-14-11-18-8-5-4-6-9-18/h7,10,18,22-23H,3-6,8-9,11-17H2,1-2H3/b10-7-,20-19-. The van der Waals surface area contributed by atoms with E-state index in [1.807, 2.05) is 13.1 Å². The molecule has 1 rings (SSSR count). The lowest BCUT2D eigenvalue weighted by Crippen LogP contribution is -2.23. The summed E-state index contributed by atoms with van der Waals surface area (Å²) in [5.74, 6) is 0.948. The van der Waals surface area contributed by atoms with Gasteiger partial charge in [-0.25, -0.2) is 4.39 Å². The summed E-state index contributed by atoms with van der Waals surface area (Å²) in [5, 5.41) is 6.93. The summed E-state index contributed by atoms with van der Waals surface area (Å²) in [6, 6.07) is 0. The number of hydrogen-bond acceptors (Lipinski definition) is 3. The van der Waals surface area contributed by atoms with Crippen molar-refractivity contribution in [1.82, 2.24) is 10.6 Å². The molecule has 0 aromatic heterocycles. The van der Waals surface area contributed by atoms with Gasteiger partial charge in [-0.3, -0.25) is 0 Å². The van der Waals surface area contributed by atoms with Crippen LogP contribution in [0.4, 0.5) is 4.39 Å². The van der Waals surface area contributed by atoms with Crippen molar-refractivity contribution in [1.29, 1.82) is 0 Å². The van der Waals surface area contributed by atoms with Gasteiger partial charge in [0, 0.05) is 19.3 Å². The maximum Gasteiger partial charge on any atom is 0.113 e. The van der Waals surface area contributed by atoms with E-state index in [1.165, 1.54) is 49.8 Å². The van der Waals surface area contributed by atoms with Crippen LogP contribution >= 0.6 is 0 Å². The average molecular weight is 341 g/mol. The zero-order valence-corrected chi connectivity index (χ0v) is 15.7. The summed E-state index contributed by atoms with van der Waals surface area (Å²) in [6.45, 7) is 4.55. The molecule has 2 N–H and O–H groups in total. The van der Waals surface area contributed by atoms with Crippen LogP contribution in [-0.2, 0) is 4.74 Å². The van der Waals surface area contributed by atoms with Crippen molar-refractivity contribution < 1.29 is 9.13 Å². The van der Waals surface area contributed by atoms with Crippen molar-refractivity contribution >= 4 is 0 Å². The van der Waals surface area contributed by atoms with Crippen LogP contribution in [-0.4, -0.2) is 40.0 Å². The highest BCUT2D eigenvalue weighted by Crippen LogP contribution is 2.25. The van der Waals surface area contributed by atoms with E-state index in [0.29, 0.717) is 6.61 Å². The Hall–Kier alpha value is -0.870. The highest BCUT2D eigenvalue weighted by molar-refractivity contribution is 5.24. The number of allylic oxidation sites excluding steroid dienone is 2. The largest absolute Gasteiger partial charge is 0.391 e. The molecule has 3 nitrogen and oxygen atoms in total. The van der Waals surface area contributed by atoms with E-state index in [0.717, 1.165) is 31.8 Å². The number of nitrogens with one attached hydrogen (secondary N) is 2. The molecule has 0 aromatic carbocycles. The van der Waals surface area contributed by atoms with E-state index < -0.39 is 6.67 Å². The second-order valence-corrected chi connectivity index (χ2v) is 6.57. The number of hydrogen-bond donors (Lipinski definition) is 2. The van der Waals surface area contributed by atoms with Crippen LogP contribution in [0.15, 0.2) is 23.4 Å². The Bertz CT molecular complexity index is 363. The Balaban J connectivity index is 2.26. The molecule has 0 aliphatic heterocycles. The lowest BCUT2D eigenvalue weighted by atomic mass is 9.87. The highest BCUT2D eigenvalue weighted by atomic mass is 19.1. The molecule has 1 fully saturated rings. The monoisotopic (exact) mass is 340 g/mol. The molecule has 0 heterocycles. The summed E-state index contributed by atoms with van der Waals surface area (Å²) in [4.78, 5) is 0. The summed E-state index contributed by atoms with van der Waals surface area (Å²) in [7, 11) is 1.99. The first-order valence-electron chi connectivity index (χ1n) is 9.72. The van der Waals surface area contributed by atoms with Gasteiger partial charge in [0.05, 0.1) is 13.2 Å². The maximum absolute atomic E-state index is 12.0. The van der Waals surface area contributed by atoms with Crippen LogP contribution in [0.2, 0.25) is 0 Å². The number of ether oxygens (including phenoxy) is 1. The third-order valence-corrected chi connectivity index (χ3v) is 4.83. The molecule has 1 aliphatic carbocycles. The fraction of sp³-hybridized carbons (Fsp3) is 0.800. The quantitative estimate of drug-likeness (QED) is 0.386. The van der Waals surface area contributed by atoms with E-state index in [4.69, 9.17) is 4.74 Å². The second-order valence-electron chi connectivity index (χ2n) is 6.57. The highest BCUT2D eigenvalue weighted by Gasteiger charge is 2.12. The van der Waals surface area contributed by atoms with Gasteiger partial charge in [0.25, 0.3) is 0 Å². The molecule has 0 aromatic rings. The van der Waals surface area contributed by atoms with Crippen molar-refractivity contribution in [3.63, 3.8) is 0 Å². The van der Waals surface area contributed by atoms with Crippen molar-refractivity contribution in [2.24, 2.45) is 5.92 Å². The van der Waals surface area contributed by atoms with Gasteiger partial charge in [0.15, 0.2) is 0 Å². The lowest BCUT2D eigenvalue weighted by Gasteiger charge is -2.21. The van der Waals surface area contributed by atoms with E-state index in [1.54, 1.807) is 0 Å². The minimum atomic E-state index is -0.418. The van der Waals surface area contributed by atoms with Gasteiger partial charge >= 0.3 is 0 Å². The normalized spacial score (nSPS) is 17.3. The van der Waals surface area contributed by atoms with Crippen LogP contribution in [0.3, 0.4) is 0 Å². The smallest absolute Gasteiger partial charge is 0.113 e. The van der Waals surface area contributed by atoms with Crippen LogP contribution in [0.1, 0.15) is 58.3 Å². The first-order chi connectivity index (χ1) is 11.8. The second kappa shape index (κ2) is 14.5. The molecule has 4 heteroatoms. The van der Waals surface area contributed by atoms with E-state index in [2.05, 4.69) is 23.6 Å². The number of alkyl halides is 1. The fourth-order valence-corrected chi connectivity index (χ4v) is 3.39. The Morgan fingerprint density at radius 3 is 2.67 bits per heavy atom. The van der Waals surface area contributed by atoms with Crippen LogP contribution in [0, 0.1) is 5.92 Å². The first-order valence-corrected chi connectivity index (χ1v) is 9.72. The van der Waals surface area contributed by atoms with Crippen molar-refractivity contribution in [3.05, 3.63) is 23.4 Å². The predicted octanol–water partition coefficient (Wildman–Crippen LogP) is 4.36. The maximum atomic E-state index is 12.0. The van der Waals surface area contributed by atoms with Gasteiger partial charge in [0.1, 0.15) is 6.67 Å². The van der Waals surface area contributed by atoms with Crippen molar-refractivity contribution in [2.75, 3.05) is 40.0 Å². The van der Waals surface area contributed by atoms with Gasteiger partial charge in [-0.05, 0) is 37.3 Å². The van der Waals surface area contributed by atoms with Gasteiger partial charge in [0.2, 0.25) is 0 Å². The van der Waals surface area contributed by atoms with Crippen molar-refractivity contribution in [3.8, 4) is 0 Å². The fourth-order valence-electron chi connectivity index (χ4n) is 3.39. The minimum Gasteiger partial charge on any atom is -0.391 e. The molecule has 24 heavy (non-hydrogen) atoms. The molecular formula is C20H37FN2O. The summed E-state index contributed by atoms with van der Waals surface area (Å²) >= 11 is 0. The zero-order chi connectivity index (χ0) is 17.5.